The molecule has 1 saturated carbocycles. The molecule has 0 bridgehead atoms. The molecule has 0 saturated heterocycles. The quantitative estimate of drug-likeness (QED) is 0.725. The maximum Gasteiger partial charge on any atom is 0.440 e. The molecule has 1 fully saturated rings. The van der Waals surface area contributed by atoms with Gasteiger partial charge >= 0.3 is 6.18 Å². The summed E-state index contributed by atoms with van der Waals surface area (Å²) in [5.41, 5.74) is -2.84. The Morgan fingerprint density at radius 1 is 1.36 bits per heavy atom. The van der Waals surface area contributed by atoms with Gasteiger partial charge in [-0.1, -0.05) is 41.6 Å². The third kappa shape index (κ3) is 2.98. The minimum Gasteiger partial charge on any atom is -0.317 e. The Bertz CT molecular complexity index is 952. The highest BCUT2D eigenvalue weighted by molar-refractivity contribution is 9.10. The fourth-order valence-corrected chi connectivity index (χ4v) is 4.45. The van der Waals surface area contributed by atoms with Gasteiger partial charge in [0.1, 0.15) is 0 Å². The Balaban J connectivity index is 1.72. The topological polar surface area (TPSA) is 76.0 Å². The first kappa shape index (κ1) is 19.2. The molecule has 2 heterocycles. The van der Waals surface area contributed by atoms with Crippen LogP contribution in [0.15, 0.2) is 22.7 Å². The van der Waals surface area contributed by atoms with E-state index in [0.717, 1.165) is 30.3 Å². The number of carbonyl (C=O) groups is 2. The summed E-state index contributed by atoms with van der Waals surface area (Å²) in [5.74, 6) is -2.06. The van der Waals surface area contributed by atoms with Crippen LogP contribution in [-0.2, 0) is 15.3 Å². The Kier molecular flexibility index (Phi) is 4.64. The number of nitrogens with zero attached hydrogens (tertiary/aromatic N) is 2. The first-order valence-corrected chi connectivity index (χ1v) is 9.89. The van der Waals surface area contributed by atoms with E-state index in [-0.39, 0.29) is 23.4 Å². The number of imidazole rings is 1. The number of hydrogen-bond acceptors (Lipinski definition) is 3. The van der Waals surface area contributed by atoms with E-state index in [2.05, 4.69) is 26.2 Å². The van der Waals surface area contributed by atoms with Gasteiger partial charge in [0.2, 0.25) is 11.9 Å². The van der Waals surface area contributed by atoms with Crippen molar-refractivity contribution in [3.05, 3.63) is 22.7 Å². The predicted molar refractivity (Wildman–Crippen MR) is 99.4 cm³/mol. The number of fused-ring (bicyclic) bond motifs is 3. The maximum absolute atomic E-state index is 14.2. The van der Waals surface area contributed by atoms with Gasteiger partial charge in [0.05, 0.1) is 11.0 Å². The summed E-state index contributed by atoms with van der Waals surface area (Å²) >= 11 is 3.23. The second-order valence-corrected chi connectivity index (χ2v) is 8.22. The molecule has 1 aromatic heterocycles. The second-order valence-electron chi connectivity index (χ2n) is 7.30. The van der Waals surface area contributed by atoms with E-state index < -0.39 is 23.7 Å². The van der Waals surface area contributed by atoms with Crippen molar-refractivity contribution in [2.24, 2.45) is 5.92 Å². The minimum absolute atomic E-state index is 0.0541. The average molecular weight is 459 g/mol. The number of benzene rings is 1. The summed E-state index contributed by atoms with van der Waals surface area (Å²) in [6, 6.07) is 4.62. The van der Waals surface area contributed by atoms with Crippen LogP contribution in [0.2, 0.25) is 0 Å². The number of nitrogens with one attached hydrogen (secondary N) is 2. The van der Waals surface area contributed by atoms with Gasteiger partial charge < -0.3 is 5.32 Å². The monoisotopic (exact) mass is 458 g/mol. The van der Waals surface area contributed by atoms with Gasteiger partial charge in [-0.3, -0.25) is 19.5 Å². The molecule has 1 aromatic carbocycles. The van der Waals surface area contributed by atoms with Crippen LogP contribution in [0.4, 0.5) is 19.1 Å². The number of anilines is 1. The van der Waals surface area contributed by atoms with Crippen LogP contribution in [0.5, 0.6) is 0 Å². The molecule has 150 valence electrons. The van der Waals surface area contributed by atoms with Crippen molar-refractivity contribution in [3.63, 3.8) is 0 Å². The lowest BCUT2D eigenvalue weighted by Gasteiger charge is -2.32. The summed E-state index contributed by atoms with van der Waals surface area (Å²) in [6.07, 6.45) is -0.445. The zero-order chi connectivity index (χ0) is 20.1. The molecule has 0 spiro atoms. The van der Waals surface area contributed by atoms with Crippen molar-refractivity contribution < 1.29 is 22.8 Å². The molecular weight excluding hydrogens is 441 g/mol. The number of hydrogen-bond donors (Lipinski definition) is 2. The molecule has 2 amide bonds. The van der Waals surface area contributed by atoms with E-state index in [1.165, 1.54) is 6.07 Å². The molecule has 2 aliphatic rings. The van der Waals surface area contributed by atoms with Gasteiger partial charge in [-0.25, -0.2) is 4.98 Å². The molecule has 0 radical (unpaired) electrons. The predicted octanol–water partition coefficient (Wildman–Crippen LogP) is 4.05. The standard InChI is InChI=1S/C18H18BrF3N4O2/c19-11-6-7-12-13(9-11)26-16(23-12)24-15(28)17(26,18(20,21)22)25-14(27)8-5-10-3-1-2-4-10/h6-7,9-10H,1-5,8H2,(H,25,27)(H,23,24,28). The first-order chi connectivity index (χ1) is 13.2. The molecule has 2 aromatic rings. The summed E-state index contributed by atoms with van der Waals surface area (Å²) in [6.45, 7) is 0. The van der Waals surface area contributed by atoms with Crippen LogP contribution in [0.25, 0.3) is 11.0 Å². The zero-order valence-corrected chi connectivity index (χ0v) is 16.4. The van der Waals surface area contributed by atoms with Crippen LogP contribution in [0, 0.1) is 5.92 Å². The van der Waals surface area contributed by atoms with E-state index in [1.54, 1.807) is 12.1 Å². The highest BCUT2D eigenvalue weighted by Gasteiger charge is 2.67. The number of halogens is 4. The number of carbonyl (C=O) groups excluding carboxylic acids is 2. The van der Waals surface area contributed by atoms with Crippen molar-refractivity contribution in [1.82, 2.24) is 14.9 Å². The molecule has 1 aliphatic heterocycles. The Morgan fingerprint density at radius 2 is 2.07 bits per heavy atom. The molecule has 6 nitrogen and oxygen atoms in total. The smallest absolute Gasteiger partial charge is 0.317 e. The summed E-state index contributed by atoms with van der Waals surface area (Å²) in [5, 5.41) is 4.16. The van der Waals surface area contributed by atoms with E-state index in [0.29, 0.717) is 16.8 Å². The minimum atomic E-state index is -5.05. The third-order valence-corrected chi connectivity index (χ3v) is 5.98. The third-order valence-electron chi connectivity index (χ3n) is 5.49. The van der Waals surface area contributed by atoms with E-state index in [1.807, 2.05) is 5.32 Å². The largest absolute Gasteiger partial charge is 0.440 e. The molecule has 2 N–H and O–H groups in total. The molecule has 10 heteroatoms. The number of alkyl halides is 3. The van der Waals surface area contributed by atoms with Crippen molar-refractivity contribution in [1.29, 1.82) is 0 Å². The highest BCUT2D eigenvalue weighted by Crippen LogP contribution is 2.44. The van der Waals surface area contributed by atoms with E-state index >= 15 is 0 Å². The molecule has 1 atom stereocenters. The van der Waals surface area contributed by atoms with Crippen LogP contribution < -0.4 is 10.6 Å². The Morgan fingerprint density at radius 3 is 2.75 bits per heavy atom. The normalized spacial score (nSPS) is 22.5. The van der Waals surface area contributed by atoms with Gasteiger partial charge in [0.25, 0.3) is 11.6 Å². The second kappa shape index (κ2) is 6.75. The molecule has 4 rings (SSSR count). The van der Waals surface area contributed by atoms with E-state index in [4.69, 9.17) is 0 Å². The lowest BCUT2D eigenvalue weighted by molar-refractivity contribution is -0.217. The lowest BCUT2D eigenvalue weighted by atomic mass is 10.0. The van der Waals surface area contributed by atoms with Gasteiger partial charge in [-0.15, -0.1) is 0 Å². The van der Waals surface area contributed by atoms with Crippen LogP contribution in [0.1, 0.15) is 38.5 Å². The van der Waals surface area contributed by atoms with Gasteiger partial charge in [-0.2, -0.15) is 13.2 Å². The van der Waals surface area contributed by atoms with Crippen LogP contribution in [-0.4, -0.2) is 27.5 Å². The van der Waals surface area contributed by atoms with Crippen molar-refractivity contribution in [2.45, 2.75) is 50.4 Å². The number of amides is 2. The Hall–Kier alpha value is -2.10. The molecular formula is C18H18BrF3N4O2. The fourth-order valence-electron chi connectivity index (χ4n) is 4.10. The van der Waals surface area contributed by atoms with Gasteiger partial charge in [0.15, 0.2) is 0 Å². The summed E-state index contributed by atoms with van der Waals surface area (Å²) in [4.78, 5) is 29.0. The molecule has 28 heavy (non-hydrogen) atoms. The summed E-state index contributed by atoms with van der Waals surface area (Å²) < 4.78 is 43.9. The first-order valence-electron chi connectivity index (χ1n) is 9.10. The molecule has 1 aliphatic carbocycles. The SMILES string of the molecule is O=C(CCC1CCCC1)NC1(C(F)(F)F)C(=O)Nc2nc3ccc(Br)cc3n21. The van der Waals surface area contributed by atoms with Crippen molar-refractivity contribution in [2.75, 3.05) is 5.32 Å². The van der Waals surface area contributed by atoms with Crippen molar-refractivity contribution >= 4 is 44.7 Å². The van der Waals surface area contributed by atoms with Gasteiger partial charge in [-0.05, 0) is 30.5 Å². The summed E-state index contributed by atoms with van der Waals surface area (Å²) in [7, 11) is 0. The average Bonchev–Trinajstić information content (AvgIpc) is 3.29. The van der Waals surface area contributed by atoms with Crippen LogP contribution >= 0.6 is 15.9 Å². The maximum atomic E-state index is 14.2. The van der Waals surface area contributed by atoms with Crippen molar-refractivity contribution in [3.8, 4) is 0 Å². The number of rotatable bonds is 4. The highest BCUT2D eigenvalue weighted by atomic mass is 79.9. The van der Waals surface area contributed by atoms with Gasteiger partial charge in [0, 0.05) is 10.9 Å². The zero-order valence-electron chi connectivity index (χ0n) is 14.8. The Labute approximate surface area is 167 Å². The fraction of sp³-hybridized carbons (Fsp3) is 0.500. The van der Waals surface area contributed by atoms with E-state index in [9.17, 15) is 22.8 Å². The van der Waals surface area contributed by atoms with Crippen LogP contribution in [0.3, 0.4) is 0 Å². The number of aromatic nitrogens is 2. The molecule has 1 unspecified atom stereocenters. The lowest BCUT2D eigenvalue weighted by Crippen LogP contribution is -2.63.